The monoisotopic (exact) mass is 594 g/mol. The number of hydrogen-bond donors (Lipinski definition) is 6. The fourth-order valence-electron chi connectivity index (χ4n) is 9.69. The topological polar surface area (TPSA) is 128 Å². The summed E-state index contributed by atoms with van der Waals surface area (Å²) in [5.41, 5.74) is 24.0. The highest BCUT2D eigenvalue weighted by atomic mass is 32.2. The zero-order chi connectivity index (χ0) is 27.9. The molecule has 5 fully saturated rings. The van der Waals surface area contributed by atoms with Crippen molar-refractivity contribution in [2.24, 2.45) is 70.3 Å². The first-order valence-electron chi connectivity index (χ1n) is 17.2. The van der Waals surface area contributed by atoms with E-state index in [9.17, 15) is 0 Å². The van der Waals surface area contributed by atoms with Gasteiger partial charge in [0.1, 0.15) is 0 Å². The van der Waals surface area contributed by atoms with Crippen LogP contribution >= 0.6 is 23.5 Å². The van der Waals surface area contributed by atoms with Crippen molar-refractivity contribution in [1.82, 2.24) is 10.6 Å². The summed E-state index contributed by atoms with van der Waals surface area (Å²) < 4.78 is 0. The minimum absolute atomic E-state index is 0.658. The minimum Gasteiger partial charge on any atom is -0.330 e. The van der Waals surface area contributed by atoms with Gasteiger partial charge in [-0.3, -0.25) is 0 Å². The maximum atomic E-state index is 5.99. The third-order valence-corrected chi connectivity index (χ3v) is 15.0. The summed E-state index contributed by atoms with van der Waals surface area (Å²) in [7, 11) is 0. The first-order chi connectivity index (χ1) is 19.6. The molecular formula is C32H62N6S2. The molecule has 40 heavy (non-hydrogen) atoms. The normalized spacial score (nSPS) is 44.7. The van der Waals surface area contributed by atoms with Gasteiger partial charge in [0.05, 0.1) is 10.7 Å². The Morgan fingerprint density at radius 1 is 0.475 bits per heavy atom. The van der Waals surface area contributed by atoms with Crippen molar-refractivity contribution >= 4 is 23.5 Å². The maximum Gasteiger partial charge on any atom is 0.0564 e. The molecule has 0 amide bonds. The fourth-order valence-corrected chi connectivity index (χ4v) is 13.0. The van der Waals surface area contributed by atoms with Crippen molar-refractivity contribution in [3.8, 4) is 0 Å². The molecule has 2 heterocycles. The van der Waals surface area contributed by atoms with Crippen LogP contribution in [0.4, 0.5) is 0 Å². The van der Waals surface area contributed by atoms with E-state index in [1.807, 2.05) is 0 Å². The third kappa shape index (κ3) is 8.34. The number of thioether (sulfide) groups is 2. The van der Waals surface area contributed by atoms with E-state index in [0.717, 1.165) is 84.0 Å². The lowest BCUT2D eigenvalue weighted by Gasteiger charge is -2.38. The molecular weight excluding hydrogens is 533 g/mol. The Morgan fingerprint density at radius 3 is 1.20 bits per heavy atom. The summed E-state index contributed by atoms with van der Waals surface area (Å²) in [6.45, 7) is 5.77. The van der Waals surface area contributed by atoms with E-state index in [-0.39, 0.29) is 0 Å². The van der Waals surface area contributed by atoms with Crippen molar-refractivity contribution in [3.63, 3.8) is 0 Å². The second kappa shape index (κ2) is 16.0. The summed E-state index contributed by atoms with van der Waals surface area (Å²) in [5.74, 6) is 6.62. The first kappa shape index (κ1) is 31.9. The Labute approximate surface area is 254 Å². The Balaban J connectivity index is 1.12. The van der Waals surface area contributed by atoms with Gasteiger partial charge in [0.2, 0.25) is 0 Å². The van der Waals surface area contributed by atoms with Crippen LogP contribution in [-0.2, 0) is 0 Å². The van der Waals surface area contributed by atoms with Gasteiger partial charge in [0.15, 0.2) is 0 Å². The quantitative estimate of drug-likeness (QED) is 0.197. The van der Waals surface area contributed by atoms with Crippen molar-refractivity contribution in [1.29, 1.82) is 0 Å². The van der Waals surface area contributed by atoms with E-state index < -0.39 is 0 Å². The van der Waals surface area contributed by atoms with Crippen LogP contribution < -0.4 is 33.6 Å². The molecule has 10 unspecified atom stereocenters. The van der Waals surface area contributed by atoms with Gasteiger partial charge in [-0.05, 0) is 157 Å². The van der Waals surface area contributed by atoms with Crippen LogP contribution in [0.3, 0.4) is 0 Å². The molecule has 10 atom stereocenters. The molecule has 0 bridgehead atoms. The highest BCUT2D eigenvalue weighted by Gasteiger charge is 2.43. The molecule has 3 saturated carbocycles. The molecule has 2 aliphatic heterocycles. The molecule has 3 aliphatic carbocycles. The fraction of sp³-hybridized carbons (Fsp3) is 1.00. The lowest BCUT2D eigenvalue weighted by Crippen LogP contribution is -2.37. The van der Waals surface area contributed by atoms with Crippen LogP contribution in [0, 0.1) is 47.3 Å². The Kier molecular flexibility index (Phi) is 12.7. The van der Waals surface area contributed by atoms with Crippen molar-refractivity contribution in [3.05, 3.63) is 0 Å². The highest BCUT2D eigenvalue weighted by Crippen LogP contribution is 2.49. The standard InChI is InChI=1S/C32H62N6S2/c33-8-4-21-12-22(5-9-34)15-27(14-21)29-19-37-31(39-29)25-2-1-3-26(18-25)32-38-20-30(40-32)28-16-23(6-10-35)13-24(17-28)7-11-36/h21-32,37-38H,1-20,33-36H2. The van der Waals surface area contributed by atoms with Gasteiger partial charge < -0.3 is 33.6 Å². The number of nitrogens with two attached hydrogens (primary N) is 4. The Bertz CT molecular complexity index is 658. The molecule has 0 radical (unpaired) electrons. The molecule has 0 aromatic carbocycles. The summed E-state index contributed by atoms with van der Waals surface area (Å²) >= 11 is 4.64. The summed E-state index contributed by atoms with van der Waals surface area (Å²) in [5, 5.41) is 11.0. The van der Waals surface area contributed by atoms with Gasteiger partial charge in [0.25, 0.3) is 0 Å². The van der Waals surface area contributed by atoms with Crippen LogP contribution in [-0.4, -0.2) is 60.5 Å². The van der Waals surface area contributed by atoms with E-state index >= 15 is 0 Å². The number of rotatable bonds is 12. The van der Waals surface area contributed by atoms with Gasteiger partial charge in [-0.2, -0.15) is 0 Å². The molecule has 232 valence electrons. The van der Waals surface area contributed by atoms with E-state index in [4.69, 9.17) is 22.9 Å². The molecule has 8 heteroatoms. The van der Waals surface area contributed by atoms with Crippen molar-refractivity contribution in [2.45, 2.75) is 111 Å². The zero-order valence-corrected chi connectivity index (χ0v) is 26.8. The second-order valence-corrected chi connectivity index (χ2v) is 17.2. The summed E-state index contributed by atoms with van der Waals surface area (Å²) in [6.07, 6.45) is 18.7. The lowest BCUT2D eigenvalue weighted by molar-refractivity contribution is 0.179. The molecule has 0 aromatic rings. The van der Waals surface area contributed by atoms with Gasteiger partial charge in [-0.1, -0.05) is 6.42 Å². The summed E-state index contributed by atoms with van der Waals surface area (Å²) in [4.78, 5) is 0. The third-order valence-electron chi connectivity index (χ3n) is 11.5. The first-order valence-corrected chi connectivity index (χ1v) is 19.1. The van der Waals surface area contributed by atoms with E-state index in [1.54, 1.807) is 0 Å². The van der Waals surface area contributed by atoms with Crippen LogP contribution in [0.25, 0.3) is 0 Å². The smallest absolute Gasteiger partial charge is 0.0564 e. The van der Waals surface area contributed by atoms with E-state index in [1.165, 1.54) is 103 Å². The molecule has 0 spiro atoms. The van der Waals surface area contributed by atoms with Gasteiger partial charge >= 0.3 is 0 Å². The average molecular weight is 595 g/mol. The number of hydrogen-bond acceptors (Lipinski definition) is 8. The molecule has 5 aliphatic rings. The average Bonchev–Trinajstić information content (AvgIpc) is 3.65. The molecule has 0 aromatic heterocycles. The lowest BCUT2D eigenvalue weighted by atomic mass is 9.71. The van der Waals surface area contributed by atoms with E-state index in [2.05, 4.69) is 34.2 Å². The van der Waals surface area contributed by atoms with Crippen LogP contribution in [0.2, 0.25) is 0 Å². The van der Waals surface area contributed by atoms with Gasteiger partial charge in [0, 0.05) is 23.6 Å². The zero-order valence-electron chi connectivity index (χ0n) is 25.2. The van der Waals surface area contributed by atoms with Crippen LogP contribution in [0.1, 0.15) is 89.9 Å². The van der Waals surface area contributed by atoms with Crippen LogP contribution in [0.15, 0.2) is 0 Å². The van der Waals surface area contributed by atoms with Gasteiger partial charge in [-0.15, -0.1) is 23.5 Å². The summed E-state index contributed by atoms with van der Waals surface area (Å²) in [6, 6.07) is 0. The SMILES string of the molecule is NCCC1CC(CCN)CC(C2CNC(C3CCCC(C4NCC(C5CC(CCN)CC(CCN)C5)S4)C3)S2)C1. The van der Waals surface area contributed by atoms with E-state index in [0.29, 0.717) is 10.7 Å². The molecule has 2 saturated heterocycles. The Hall–Kier alpha value is 0.460. The van der Waals surface area contributed by atoms with Gasteiger partial charge in [-0.25, -0.2) is 0 Å². The second-order valence-electron chi connectivity index (χ2n) is 14.4. The van der Waals surface area contributed by atoms with Crippen LogP contribution in [0.5, 0.6) is 0 Å². The molecule has 6 nitrogen and oxygen atoms in total. The number of nitrogens with one attached hydrogen (secondary N) is 2. The Morgan fingerprint density at radius 2 is 0.850 bits per heavy atom. The molecule has 10 N–H and O–H groups in total. The van der Waals surface area contributed by atoms with Crippen molar-refractivity contribution in [2.75, 3.05) is 39.3 Å². The maximum absolute atomic E-state index is 5.99. The minimum atomic E-state index is 0.658. The highest BCUT2D eigenvalue weighted by molar-refractivity contribution is 8.01. The predicted molar refractivity (Wildman–Crippen MR) is 175 cm³/mol. The largest absolute Gasteiger partial charge is 0.330 e. The van der Waals surface area contributed by atoms with Crippen molar-refractivity contribution < 1.29 is 0 Å². The molecule has 5 rings (SSSR count). The predicted octanol–water partition coefficient (Wildman–Crippen LogP) is 4.32.